The minimum absolute atomic E-state index is 0.0945. The number of hydroxylamine groups is 1. The number of esters is 1. The summed E-state index contributed by atoms with van der Waals surface area (Å²) in [5.74, 6) is 0.226. The third-order valence-electron chi connectivity index (χ3n) is 5.24. The Hall–Kier alpha value is -3.12. The molecule has 6 nitrogen and oxygen atoms in total. The molecule has 0 aromatic heterocycles. The van der Waals surface area contributed by atoms with Crippen molar-refractivity contribution in [2.75, 3.05) is 0 Å². The standard InChI is InChI=1S/C27H34N2O4/c1-7-8-13-23-28-33-27(5,6)25(31)29(23)18-19-14-16-20(17-15-19)21-11-9-10-12-22(21)24(30)32-26(2,3)4/h9-17,28H,7-8,18H2,1-6H3. The second kappa shape index (κ2) is 9.79. The van der Waals surface area contributed by atoms with Gasteiger partial charge in [-0.1, -0.05) is 55.8 Å². The van der Waals surface area contributed by atoms with Gasteiger partial charge in [-0.05, 0) is 69.9 Å². The van der Waals surface area contributed by atoms with Crippen LogP contribution in [0.25, 0.3) is 11.1 Å². The second-order valence-corrected chi connectivity index (χ2v) is 9.73. The van der Waals surface area contributed by atoms with Gasteiger partial charge in [0, 0.05) is 0 Å². The fourth-order valence-electron chi connectivity index (χ4n) is 3.52. The molecular weight excluding hydrogens is 416 g/mol. The van der Waals surface area contributed by atoms with Crippen LogP contribution in [-0.2, 0) is 20.9 Å². The topological polar surface area (TPSA) is 67.9 Å². The van der Waals surface area contributed by atoms with E-state index in [2.05, 4.69) is 12.4 Å². The Bertz CT molecular complexity index is 1030. The fourth-order valence-corrected chi connectivity index (χ4v) is 3.52. The summed E-state index contributed by atoms with van der Waals surface area (Å²) in [4.78, 5) is 33.0. The van der Waals surface area contributed by atoms with Crippen molar-refractivity contribution in [1.29, 1.82) is 0 Å². The lowest BCUT2D eigenvalue weighted by molar-refractivity contribution is -0.176. The summed E-state index contributed by atoms with van der Waals surface area (Å²) in [6.07, 6.45) is 3.80. The van der Waals surface area contributed by atoms with Crippen molar-refractivity contribution in [3.8, 4) is 11.1 Å². The van der Waals surface area contributed by atoms with E-state index in [4.69, 9.17) is 9.57 Å². The molecule has 0 unspecified atom stereocenters. The molecule has 0 saturated carbocycles. The smallest absolute Gasteiger partial charge is 0.339 e. The van der Waals surface area contributed by atoms with Crippen LogP contribution in [-0.4, -0.2) is 28.0 Å². The molecule has 1 heterocycles. The Morgan fingerprint density at radius 3 is 2.42 bits per heavy atom. The van der Waals surface area contributed by atoms with Gasteiger partial charge in [0.1, 0.15) is 11.4 Å². The van der Waals surface area contributed by atoms with Crippen LogP contribution >= 0.6 is 0 Å². The van der Waals surface area contributed by atoms with E-state index in [1.165, 1.54) is 0 Å². The quantitative estimate of drug-likeness (QED) is 0.581. The van der Waals surface area contributed by atoms with Gasteiger partial charge in [-0.25, -0.2) is 10.3 Å². The van der Waals surface area contributed by atoms with E-state index in [0.29, 0.717) is 17.9 Å². The number of carbonyl (C=O) groups is 2. The number of unbranched alkanes of at least 4 members (excludes halogenated alkanes) is 1. The molecule has 1 aliphatic rings. The number of nitrogens with zero attached hydrogens (tertiary/aromatic N) is 1. The Balaban J connectivity index is 1.85. The average Bonchev–Trinajstić information content (AvgIpc) is 2.76. The molecule has 0 radical (unpaired) electrons. The molecule has 6 heteroatoms. The SMILES string of the molecule is CCCC=C1NOC(C)(C)C(=O)N1Cc1ccc(-c2ccccc2C(=O)OC(C)(C)C)cc1. The molecular formula is C27H34N2O4. The molecule has 3 rings (SSSR count). The highest BCUT2D eigenvalue weighted by atomic mass is 16.7. The number of allylic oxidation sites excluding steroid dienone is 1. The molecule has 33 heavy (non-hydrogen) atoms. The van der Waals surface area contributed by atoms with Crippen molar-refractivity contribution < 1.29 is 19.2 Å². The Kier molecular flexibility index (Phi) is 7.28. The summed E-state index contributed by atoms with van der Waals surface area (Å²) in [6.45, 7) is 11.6. The minimum Gasteiger partial charge on any atom is -0.456 e. The number of hydrogen-bond donors (Lipinski definition) is 1. The first kappa shape index (κ1) is 24.5. The normalized spacial score (nSPS) is 17.1. The van der Waals surface area contributed by atoms with E-state index in [1.54, 1.807) is 24.8 Å². The monoisotopic (exact) mass is 450 g/mol. The highest BCUT2D eigenvalue weighted by molar-refractivity contribution is 5.97. The van der Waals surface area contributed by atoms with Gasteiger partial charge in [0.25, 0.3) is 5.91 Å². The van der Waals surface area contributed by atoms with E-state index >= 15 is 0 Å². The molecule has 0 bridgehead atoms. The fraction of sp³-hybridized carbons (Fsp3) is 0.407. The van der Waals surface area contributed by atoms with E-state index in [9.17, 15) is 9.59 Å². The summed E-state index contributed by atoms with van der Waals surface area (Å²) in [6, 6.07) is 15.3. The first-order chi connectivity index (χ1) is 15.5. The van der Waals surface area contributed by atoms with Crippen molar-refractivity contribution in [3.05, 3.63) is 71.6 Å². The molecule has 0 spiro atoms. The minimum atomic E-state index is -0.949. The van der Waals surface area contributed by atoms with Crippen LogP contribution in [0.2, 0.25) is 0 Å². The molecule has 1 aliphatic heterocycles. The van der Waals surface area contributed by atoms with Gasteiger partial charge in [-0.15, -0.1) is 0 Å². The highest BCUT2D eigenvalue weighted by Crippen LogP contribution is 2.28. The van der Waals surface area contributed by atoms with Crippen LogP contribution in [0.1, 0.15) is 70.3 Å². The first-order valence-corrected chi connectivity index (χ1v) is 11.4. The van der Waals surface area contributed by atoms with E-state index in [0.717, 1.165) is 29.5 Å². The van der Waals surface area contributed by atoms with Gasteiger partial charge in [-0.3, -0.25) is 14.5 Å². The van der Waals surface area contributed by atoms with E-state index in [1.807, 2.05) is 69.3 Å². The lowest BCUT2D eigenvalue weighted by Crippen LogP contribution is -2.56. The predicted octanol–water partition coefficient (Wildman–Crippen LogP) is 5.59. The van der Waals surface area contributed by atoms with Crippen LogP contribution in [0.5, 0.6) is 0 Å². The molecule has 0 aliphatic carbocycles. The maximum absolute atomic E-state index is 13.0. The number of rotatable bonds is 6. The maximum Gasteiger partial charge on any atom is 0.339 e. The summed E-state index contributed by atoms with van der Waals surface area (Å²) in [7, 11) is 0. The molecule has 1 amide bonds. The van der Waals surface area contributed by atoms with E-state index < -0.39 is 11.2 Å². The molecule has 2 aromatic carbocycles. The summed E-state index contributed by atoms with van der Waals surface area (Å²) in [5, 5.41) is 0. The van der Waals surface area contributed by atoms with Crippen molar-refractivity contribution in [1.82, 2.24) is 10.4 Å². The number of benzene rings is 2. The average molecular weight is 451 g/mol. The number of amides is 1. The number of hydrogen-bond acceptors (Lipinski definition) is 5. The van der Waals surface area contributed by atoms with Crippen LogP contribution in [0.3, 0.4) is 0 Å². The zero-order chi connectivity index (χ0) is 24.2. The highest BCUT2D eigenvalue weighted by Gasteiger charge is 2.39. The van der Waals surface area contributed by atoms with Crippen LogP contribution in [0.15, 0.2) is 60.4 Å². The van der Waals surface area contributed by atoms with Gasteiger partial charge >= 0.3 is 5.97 Å². The molecule has 0 atom stereocenters. The molecule has 1 saturated heterocycles. The molecule has 1 N–H and O–H groups in total. The molecule has 1 fully saturated rings. The molecule has 176 valence electrons. The third-order valence-corrected chi connectivity index (χ3v) is 5.24. The largest absolute Gasteiger partial charge is 0.456 e. The van der Waals surface area contributed by atoms with Gasteiger partial charge in [0.05, 0.1) is 12.1 Å². The number of nitrogens with one attached hydrogen (secondary N) is 1. The predicted molar refractivity (Wildman–Crippen MR) is 129 cm³/mol. The Labute approximate surface area is 196 Å². The first-order valence-electron chi connectivity index (χ1n) is 11.4. The maximum atomic E-state index is 13.0. The van der Waals surface area contributed by atoms with Crippen molar-refractivity contribution in [3.63, 3.8) is 0 Å². The van der Waals surface area contributed by atoms with Gasteiger partial charge in [0.2, 0.25) is 0 Å². The Morgan fingerprint density at radius 2 is 1.79 bits per heavy atom. The number of ether oxygens (including phenoxy) is 1. The van der Waals surface area contributed by atoms with Crippen molar-refractivity contribution in [2.45, 2.75) is 72.1 Å². The zero-order valence-electron chi connectivity index (χ0n) is 20.4. The Morgan fingerprint density at radius 1 is 1.12 bits per heavy atom. The van der Waals surface area contributed by atoms with Crippen molar-refractivity contribution in [2.24, 2.45) is 0 Å². The lowest BCUT2D eigenvalue weighted by atomic mass is 9.98. The van der Waals surface area contributed by atoms with Crippen LogP contribution < -0.4 is 5.48 Å². The molecule has 2 aromatic rings. The summed E-state index contributed by atoms with van der Waals surface area (Å²) >= 11 is 0. The zero-order valence-corrected chi connectivity index (χ0v) is 20.4. The van der Waals surface area contributed by atoms with Gasteiger partial charge in [-0.2, -0.15) is 0 Å². The van der Waals surface area contributed by atoms with Gasteiger partial charge in [0.15, 0.2) is 5.60 Å². The third kappa shape index (κ3) is 6.02. The lowest BCUT2D eigenvalue weighted by Gasteiger charge is -2.39. The van der Waals surface area contributed by atoms with Crippen LogP contribution in [0.4, 0.5) is 0 Å². The van der Waals surface area contributed by atoms with Crippen LogP contribution in [0, 0.1) is 0 Å². The summed E-state index contributed by atoms with van der Waals surface area (Å²) in [5.41, 5.74) is 4.65. The van der Waals surface area contributed by atoms with Crippen molar-refractivity contribution >= 4 is 11.9 Å². The second-order valence-electron chi connectivity index (χ2n) is 9.73. The van der Waals surface area contributed by atoms with E-state index in [-0.39, 0.29) is 11.9 Å². The van der Waals surface area contributed by atoms with Gasteiger partial charge < -0.3 is 4.74 Å². The number of carbonyl (C=O) groups excluding carboxylic acids is 2. The summed E-state index contributed by atoms with van der Waals surface area (Å²) < 4.78 is 5.58.